The smallest absolute Gasteiger partial charge is 0.353 e. The van der Waals surface area contributed by atoms with E-state index in [-0.39, 0.29) is 69.2 Å². The van der Waals surface area contributed by atoms with Gasteiger partial charge in [0.1, 0.15) is 0 Å². The van der Waals surface area contributed by atoms with Gasteiger partial charge in [0.2, 0.25) is 5.91 Å². The van der Waals surface area contributed by atoms with Crippen molar-refractivity contribution in [3.8, 4) is 0 Å². The van der Waals surface area contributed by atoms with Gasteiger partial charge in [0, 0.05) is 26.1 Å². The minimum atomic E-state index is 0. The molecule has 1 N–H and O–H groups in total. The molecule has 0 saturated carbocycles. The Balaban J connectivity index is 0.00000196. The molecule has 0 unspecified atom stereocenters. The molecule has 1 aliphatic rings. The monoisotopic (exact) mass is 236 g/mol. The zero-order chi connectivity index (χ0) is 10.6. The largest absolute Gasteiger partial charge is 1.00 e. The van der Waals surface area contributed by atoms with E-state index in [9.17, 15) is 9.59 Å². The molecule has 0 spiro atoms. The van der Waals surface area contributed by atoms with Gasteiger partial charge in [0.25, 0.3) is 0 Å². The van der Waals surface area contributed by atoms with Crippen LogP contribution < -0.4 is 56.7 Å². The van der Waals surface area contributed by atoms with E-state index >= 15 is 0 Å². The zero-order valence-corrected chi connectivity index (χ0v) is 12.7. The van der Waals surface area contributed by atoms with Gasteiger partial charge in [-0.05, 0) is 12.8 Å². The van der Waals surface area contributed by atoms with Crippen LogP contribution in [0.3, 0.4) is 0 Å². The van der Waals surface area contributed by atoms with Crippen molar-refractivity contribution in [2.24, 2.45) is 0 Å². The number of nitrogens with one attached hydrogen (secondary N) is 1. The summed E-state index contributed by atoms with van der Waals surface area (Å²) in [6.45, 7) is 6.56. The fraction of sp³-hybridized carbons (Fsp3) is 0.700. The maximum atomic E-state index is 11.3. The molecule has 0 aliphatic carbocycles. The molecule has 1 saturated heterocycles. The van der Waals surface area contributed by atoms with Crippen LogP contribution in [-0.2, 0) is 9.59 Å². The predicted octanol–water partition coefficient (Wildman–Crippen LogP) is -2.66. The van der Waals surface area contributed by atoms with Gasteiger partial charge in [0.15, 0.2) is 5.91 Å². The first-order chi connectivity index (χ1) is 6.63. The van der Waals surface area contributed by atoms with Gasteiger partial charge in [-0.15, -0.1) is 6.42 Å². The van der Waals surface area contributed by atoms with E-state index in [4.69, 9.17) is 0 Å². The standard InChI is InChI=1S/C10H17N2O2.K/c1-3-10(14)12-6-4-9(5-7-12)11-8(2)13;/h9H,1,3-7H2,2H3,(H,11,13);/q-1;+1. The Labute approximate surface area is 134 Å². The number of hydrogen-bond donors (Lipinski definition) is 1. The minimum Gasteiger partial charge on any atom is -0.353 e. The third-order valence-electron chi connectivity index (χ3n) is 2.47. The van der Waals surface area contributed by atoms with Gasteiger partial charge in [-0.1, -0.05) is 0 Å². The van der Waals surface area contributed by atoms with Crippen LogP contribution in [0.15, 0.2) is 0 Å². The molecule has 1 aliphatic heterocycles. The summed E-state index contributed by atoms with van der Waals surface area (Å²) in [4.78, 5) is 23.9. The molecule has 80 valence electrons. The molecule has 4 nitrogen and oxygen atoms in total. The molecule has 0 aromatic carbocycles. The van der Waals surface area contributed by atoms with Crippen molar-refractivity contribution in [3.63, 3.8) is 0 Å². The maximum absolute atomic E-state index is 11.3. The summed E-state index contributed by atoms with van der Waals surface area (Å²) in [6, 6.07) is 0.237. The number of piperidine rings is 1. The van der Waals surface area contributed by atoms with Crippen LogP contribution in [0.4, 0.5) is 0 Å². The molecule has 15 heavy (non-hydrogen) atoms. The molecule has 2 amide bonds. The Hall–Kier alpha value is 0.576. The summed E-state index contributed by atoms with van der Waals surface area (Å²) in [5, 5.41) is 2.87. The van der Waals surface area contributed by atoms with Crippen LogP contribution in [0, 0.1) is 6.92 Å². The van der Waals surface area contributed by atoms with Crippen molar-refractivity contribution in [2.45, 2.75) is 32.2 Å². The van der Waals surface area contributed by atoms with Gasteiger partial charge in [-0.25, -0.2) is 0 Å². The molecule has 0 aromatic rings. The normalized spacial score (nSPS) is 16.8. The minimum absolute atomic E-state index is 0. The van der Waals surface area contributed by atoms with E-state index in [0.717, 1.165) is 25.9 Å². The van der Waals surface area contributed by atoms with Crippen molar-refractivity contribution in [2.75, 3.05) is 13.1 Å². The average Bonchev–Trinajstić information content (AvgIpc) is 2.17. The number of rotatable bonds is 2. The fourth-order valence-electron chi connectivity index (χ4n) is 1.72. The Morgan fingerprint density at radius 1 is 1.40 bits per heavy atom. The van der Waals surface area contributed by atoms with E-state index in [2.05, 4.69) is 12.2 Å². The molecule has 1 fully saturated rings. The van der Waals surface area contributed by atoms with Crippen molar-refractivity contribution in [1.82, 2.24) is 10.2 Å². The van der Waals surface area contributed by atoms with Gasteiger partial charge in [-0.2, -0.15) is 0 Å². The van der Waals surface area contributed by atoms with E-state index in [0.29, 0.717) is 6.42 Å². The second-order valence-electron chi connectivity index (χ2n) is 3.61. The number of amides is 2. The molecule has 5 heteroatoms. The Morgan fingerprint density at radius 2 is 1.93 bits per heavy atom. The summed E-state index contributed by atoms with van der Waals surface area (Å²) in [5.41, 5.74) is 0. The van der Waals surface area contributed by atoms with E-state index in [1.165, 1.54) is 6.92 Å². The second kappa shape index (κ2) is 7.79. The third kappa shape index (κ3) is 5.45. The molecule has 1 heterocycles. The molecule has 1 rings (SSSR count). The van der Waals surface area contributed by atoms with Crippen molar-refractivity contribution >= 4 is 11.8 Å². The first kappa shape index (κ1) is 15.6. The van der Waals surface area contributed by atoms with Crippen LogP contribution in [0.1, 0.15) is 26.2 Å². The molecule has 0 atom stereocenters. The first-order valence-electron chi connectivity index (χ1n) is 4.97. The topological polar surface area (TPSA) is 49.4 Å². The maximum Gasteiger partial charge on any atom is 1.00 e. The van der Waals surface area contributed by atoms with Gasteiger partial charge in [-0.3, -0.25) is 9.59 Å². The zero-order valence-electron chi connectivity index (χ0n) is 9.58. The summed E-state index contributed by atoms with van der Waals surface area (Å²) in [6.07, 6.45) is 2.03. The van der Waals surface area contributed by atoms with E-state index < -0.39 is 0 Å². The van der Waals surface area contributed by atoms with Gasteiger partial charge < -0.3 is 17.1 Å². The molecular formula is C10H17KN2O2. The summed E-state index contributed by atoms with van der Waals surface area (Å²) < 4.78 is 0. The van der Waals surface area contributed by atoms with Crippen LogP contribution in [-0.4, -0.2) is 35.8 Å². The molecule has 0 radical (unpaired) electrons. The second-order valence-corrected chi connectivity index (χ2v) is 3.61. The summed E-state index contributed by atoms with van der Waals surface area (Å²) in [5.74, 6) is 0.109. The molecular weight excluding hydrogens is 219 g/mol. The number of likely N-dealkylation sites (tertiary alicyclic amines) is 1. The van der Waals surface area contributed by atoms with Crippen molar-refractivity contribution < 1.29 is 61.0 Å². The summed E-state index contributed by atoms with van der Waals surface area (Å²) >= 11 is 0. The van der Waals surface area contributed by atoms with Gasteiger partial charge >= 0.3 is 51.4 Å². The predicted molar refractivity (Wildman–Crippen MR) is 53.4 cm³/mol. The number of carbonyl (C=O) groups is 2. The quantitative estimate of drug-likeness (QED) is 0.420. The van der Waals surface area contributed by atoms with Crippen LogP contribution in [0.25, 0.3) is 0 Å². The SMILES string of the molecule is [CH2-]CC(=O)N1CCC(NC(C)=O)CC1.[K+]. The number of hydrogen-bond acceptors (Lipinski definition) is 2. The van der Waals surface area contributed by atoms with E-state index in [1.807, 2.05) is 4.90 Å². The third-order valence-corrected chi connectivity index (χ3v) is 2.47. The molecule has 0 bridgehead atoms. The number of carbonyl (C=O) groups excluding carboxylic acids is 2. The Kier molecular flexibility index (Phi) is 8.08. The van der Waals surface area contributed by atoms with Crippen molar-refractivity contribution in [3.05, 3.63) is 6.92 Å². The fourth-order valence-corrected chi connectivity index (χ4v) is 1.72. The van der Waals surface area contributed by atoms with Crippen LogP contribution in [0.5, 0.6) is 0 Å². The first-order valence-corrected chi connectivity index (χ1v) is 4.97. The number of nitrogens with zero attached hydrogens (tertiary/aromatic N) is 1. The Bertz CT molecular complexity index is 225. The molecule has 0 aromatic heterocycles. The summed E-state index contributed by atoms with van der Waals surface area (Å²) in [7, 11) is 0. The van der Waals surface area contributed by atoms with E-state index in [1.54, 1.807) is 0 Å². The van der Waals surface area contributed by atoms with Crippen LogP contribution >= 0.6 is 0 Å². The van der Waals surface area contributed by atoms with Crippen LogP contribution in [0.2, 0.25) is 0 Å². The van der Waals surface area contributed by atoms with Gasteiger partial charge in [0.05, 0.1) is 0 Å². The Morgan fingerprint density at radius 3 is 2.33 bits per heavy atom. The van der Waals surface area contributed by atoms with Crippen molar-refractivity contribution in [1.29, 1.82) is 0 Å². The average molecular weight is 236 g/mol.